The maximum atomic E-state index is 14.0. The van der Waals surface area contributed by atoms with E-state index in [1.54, 1.807) is 4.90 Å². The van der Waals surface area contributed by atoms with Crippen LogP contribution in [0.1, 0.15) is 40.6 Å². The summed E-state index contributed by atoms with van der Waals surface area (Å²) in [6.07, 6.45) is -1.48. The molecular formula is C25H26F3N5O2S2. The lowest BCUT2D eigenvalue weighted by Gasteiger charge is -2.19. The lowest BCUT2D eigenvalue weighted by molar-refractivity contribution is -0.137. The van der Waals surface area contributed by atoms with Crippen molar-refractivity contribution in [3.8, 4) is 10.6 Å². The van der Waals surface area contributed by atoms with E-state index in [1.165, 1.54) is 6.07 Å². The van der Waals surface area contributed by atoms with E-state index >= 15 is 0 Å². The lowest BCUT2D eigenvalue weighted by atomic mass is 10.1. The Hall–Kier alpha value is -2.99. The molecule has 1 unspecified atom stereocenters. The van der Waals surface area contributed by atoms with Crippen LogP contribution in [0.4, 0.5) is 30.5 Å². The predicted molar refractivity (Wildman–Crippen MR) is 139 cm³/mol. The molecule has 0 spiro atoms. The van der Waals surface area contributed by atoms with Gasteiger partial charge in [0, 0.05) is 50.0 Å². The quantitative estimate of drug-likeness (QED) is 0.448. The summed E-state index contributed by atoms with van der Waals surface area (Å²) in [5, 5.41) is 3.06. The Morgan fingerprint density at radius 1 is 1.24 bits per heavy atom. The third kappa shape index (κ3) is 5.08. The zero-order chi connectivity index (χ0) is 26.5. The molecule has 1 saturated carbocycles. The zero-order valence-electron chi connectivity index (χ0n) is 20.6. The number of nitrogens with one attached hydrogen (secondary N) is 1. The number of rotatable bonds is 6. The van der Waals surface area contributed by atoms with Crippen LogP contribution < -0.4 is 10.2 Å². The minimum Gasteiger partial charge on any atom is -0.378 e. The maximum absolute atomic E-state index is 14.0. The van der Waals surface area contributed by atoms with Crippen LogP contribution in [-0.2, 0) is 23.4 Å². The highest BCUT2D eigenvalue weighted by Crippen LogP contribution is 2.42. The summed E-state index contributed by atoms with van der Waals surface area (Å²) in [5.41, 5.74) is 1.30. The third-order valence-corrected chi connectivity index (χ3v) is 9.09. The summed E-state index contributed by atoms with van der Waals surface area (Å²) >= 11 is 0.913. The van der Waals surface area contributed by atoms with E-state index in [1.807, 2.05) is 44.1 Å². The van der Waals surface area contributed by atoms with Gasteiger partial charge in [-0.05, 0) is 49.1 Å². The number of carbonyl (C=O) groups excluding carboxylic acids is 1. The first-order valence-electron chi connectivity index (χ1n) is 11.9. The van der Waals surface area contributed by atoms with Gasteiger partial charge in [0.2, 0.25) is 5.95 Å². The van der Waals surface area contributed by atoms with Crippen LogP contribution >= 0.6 is 11.3 Å². The second kappa shape index (κ2) is 9.71. The molecule has 1 N–H and O–H groups in total. The molecule has 196 valence electrons. The van der Waals surface area contributed by atoms with E-state index in [9.17, 15) is 22.2 Å². The van der Waals surface area contributed by atoms with Crippen molar-refractivity contribution in [2.24, 2.45) is 0 Å². The fourth-order valence-electron chi connectivity index (χ4n) is 4.30. The van der Waals surface area contributed by atoms with Gasteiger partial charge in [0.25, 0.3) is 5.91 Å². The molecule has 1 aliphatic heterocycles. The SMILES string of the molecule is CCc1cc(N(C)C)ccc1Nc1ncc(C(F)(F)F)c(-c2cc3c(s2)C(=O)N(C2CC2)CCS3=O)n1. The van der Waals surface area contributed by atoms with E-state index < -0.39 is 22.5 Å². The van der Waals surface area contributed by atoms with Crippen molar-refractivity contribution >= 4 is 45.4 Å². The molecule has 37 heavy (non-hydrogen) atoms. The fourth-order valence-corrected chi connectivity index (χ4v) is 6.91. The number of anilines is 3. The third-order valence-electron chi connectivity index (χ3n) is 6.46. The van der Waals surface area contributed by atoms with E-state index in [2.05, 4.69) is 15.3 Å². The smallest absolute Gasteiger partial charge is 0.378 e. The second-order valence-corrected chi connectivity index (χ2v) is 11.8. The second-order valence-electron chi connectivity index (χ2n) is 9.25. The van der Waals surface area contributed by atoms with Crippen molar-refractivity contribution in [2.75, 3.05) is 36.6 Å². The van der Waals surface area contributed by atoms with Crippen molar-refractivity contribution in [1.82, 2.24) is 14.9 Å². The lowest BCUT2D eigenvalue weighted by Crippen LogP contribution is -2.33. The summed E-state index contributed by atoms with van der Waals surface area (Å²) in [4.78, 5) is 25.7. The Bertz CT molecular complexity index is 1390. The summed E-state index contributed by atoms with van der Waals surface area (Å²) in [6.45, 7) is 2.37. The van der Waals surface area contributed by atoms with Crippen molar-refractivity contribution in [1.29, 1.82) is 0 Å². The van der Waals surface area contributed by atoms with Crippen LogP contribution in [0.15, 0.2) is 35.4 Å². The molecule has 0 bridgehead atoms. The summed E-state index contributed by atoms with van der Waals surface area (Å²) in [5.74, 6) is -0.00304. The number of halogens is 3. The molecule has 12 heteroatoms. The summed E-state index contributed by atoms with van der Waals surface area (Å²) < 4.78 is 54.8. The van der Waals surface area contributed by atoms with Gasteiger partial charge in [-0.15, -0.1) is 11.3 Å². The topological polar surface area (TPSA) is 78.4 Å². The Labute approximate surface area is 219 Å². The first-order valence-corrected chi connectivity index (χ1v) is 14.1. The van der Waals surface area contributed by atoms with Crippen LogP contribution in [0, 0.1) is 0 Å². The highest BCUT2D eigenvalue weighted by atomic mass is 32.2. The van der Waals surface area contributed by atoms with E-state index in [-0.39, 0.29) is 44.0 Å². The molecule has 1 aliphatic carbocycles. The van der Waals surface area contributed by atoms with Gasteiger partial charge < -0.3 is 15.1 Å². The molecule has 2 aromatic heterocycles. The average molecular weight is 550 g/mol. The van der Waals surface area contributed by atoms with Gasteiger partial charge in [0.1, 0.15) is 10.4 Å². The highest BCUT2D eigenvalue weighted by molar-refractivity contribution is 7.85. The van der Waals surface area contributed by atoms with Gasteiger partial charge in [-0.1, -0.05) is 6.92 Å². The number of alkyl halides is 3. The molecule has 1 aromatic carbocycles. The number of aryl methyl sites for hydroxylation is 1. The molecule has 1 atom stereocenters. The van der Waals surface area contributed by atoms with E-state index in [4.69, 9.17) is 0 Å². The number of hydrogen-bond acceptors (Lipinski definition) is 7. The number of nitrogens with zero attached hydrogens (tertiary/aromatic N) is 4. The normalized spacial score (nSPS) is 17.9. The number of fused-ring (bicyclic) bond motifs is 1. The number of hydrogen-bond donors (Lipinski definition) is 1. The monoisotopic (exact) mass is 549 g/mol. The van der Waals surface area contributed by atoms with Gasteiger partial charge in [-0.25, -0.2) is 9.97 Å². The van der Waals surface area contributed by atoms with E-state index in [0.29, 0.717) is 18.7 Å². The average Bonchev–Trinajstić information content (AvgIpc) is 3.61. The zero-order valence-corrected chi connectivity index (χ0v) is 22.2. The molecule has 5 rings (SSSR count). The standard InChI is InChI=1S/C25H26F3N5O2S2/c1-4-14-11-16(32(2)3)7-8-18(14)30-24-29-13-17(25(26,27)28)21(31-24)19-12-20-22(36-19)23(34)33(15-5-6-15)9-10-37(20)35/h7-8,11-13,15H,4-6,9-10H2,1-3H3,(H,29,30,31). The molecular weight excluding hydrogens is 523 g/mol. The first kappa shape index (κ1) is 25.7. The Morgan fingerprint density at radius 3 is 2.65 bits per heavy atom. The molecule has 1 amide bonds. The Kier molecular flexibility index (Phi) is 6.73. The van der Waals surface area contributed by atoms with Crippen molar-refractivity contribution in [3.63, 3.8) is 0 Å². The molecule has 2 aliphatic rings. The number of amides is 1. The highest BCUT2D eigenvalue weighted by Gasteiger charge is 2.40. The molecule has 3 heterocycles. The van der Waals surface area contributed by atoms with Crippen molar-refractivity contribution < 1.29 is 22.2 Å². The minimum absolute atomic E-state index is 0.00551. The molecule has 3 aromatic rings. The van der Waals surface area contributed by atoms with Crippen LogP contribution in [-0.4, -0.2) is 57.4 Å². The van der Waals surface area contributed by atoms with Crippen LogP contribution in [0.2, 0.25) is 0 Å². The van der Waals surface area contributed by atoms with Gasteiger partial charge in [0.05, 0.1) is 26.3 Å². The van der Waals surface area contributed by atoms with Gasteiger partial charge >= 0.3 is 6.18 Å². The number of thiophene rings is 1. The minimum atomic E-state index is -4.71. The predicted octanol–water partition coefficient (Wildman–Crippen LogP) is 5.32. The number of aromatic nitrogens is 2. The van der Waals surface area contributed by atoms with Crippen LogP contribution in [0.5, 0.6) is 0 Å². The van der Waals surface area contributed by atoms with Crippen molar-refractivity contribution in [3.05, 3.63) is 46.5 Å². The number of carbonyl (C=O) groups is 1. The Balaban J connectivity index is 1.56. The van der Waals surface area contributed by atoms with Gasteiger partial charge in [-0.2, -0.15) is 13.2 Å². The summed E-state index contributed by atoms with van der Waals surface area (Å²) in [6, 6.07) is 7.28. The molecule has 7 nitrogen and oxygen atoms in total. The van der Waals surface area contributed by atoms with E-state index in [0.717, 1.165) is 41.6 Å². The van der Waals surface area contributed by atoms with Crippen LogP contribution in [0.3, 0.4) is 0 Å². The Morgan fingerprint density at radius 2 is 2.00 bits per heavy atom. The largest absolute Gasteiger partial charge is 0.420 e. The van der Waals surface area contributed by atoms with Crippen LogP contribution in [0.25, 0.3) is 10.6 Å². The number of benzene rings is 1. The van der Waals surface area contributed by atoms with Gasteiger partial charge in [0.15, 0.2) is 0 Å². The molecule has 0 saturated heterocycles. The summed E-state index contributed by atoms with van der Waals surface area (Å²) in [7, 11) is 2.37. The first-order chi connectivity index (χ1) is 17.6. The molecule has 1 fully saturated rings. The van der Waals surface area contributed by atoms with Crippen molar-refractivity contribution in [2.45, 2.75) is 43.3 Å². The fraction of sp³-hybridized carbons (Fsp3) is 0.400. The molecule has 0 radical (unpaired) electrons. The van der Waals surface area contributed by atoms with Gasteiger partial charge in [-0.3, -0.25) is 9.00 Å². The maximum Gasteiger partial charge on any atom is 0.420 e.